The lowest BCUT2D eigenvalue weighted by atomic mass is 9.87. The molecule has 0 aliphatic carbocycles. The summed E-state index contributed by atoms with van der Waals surface area (Å²) in [6.07, 6.45) is 7.60. The predicted octanol–water partition coefficient (Wildman–Crippen LogP) is 1.37. The number of aromatic nitrogens is 2. The molecule has 0 bridgehead atoms. The Kier molecular flexibility index (Phi) is 5.41. The quantitative estimate of drug-likeness (QED) is 0.822. The van der Waals surface area contributed by atoms with Crippen molar-refractivity contribution in [3.8, 4) is 0 Å². The van der Waals surface area contributed by atoms with E-state index >= 15 is 0 Å². The Hall–Kier alpha value is -0.950. The van der Waals surface area contributed by atoms with Crippen LogP contribution < -0.4 is 0 Å². The molecule has 0 N–H and O–H groups in total. The Morgan fingerprint density at radius 1 is 1.12 bits per heavy atom. The van der Waals surface area contributed by atoms with Gasteiger partial charge in [0.25, 0.3) is 0 Å². The number of hydrogen-bond acceptors (Lipinski definition) is 5. The Labute approximate surface area is 151 Å². The van der Waals surface area contributed by atoms with Gasteiger partial charge >= 0.3 is 0 Å². The first-order valence-electron chi connectivity index (χ1n) is 9.79. The molecule has 1 atom stereocenters. The van der Waals surface area contributed by atoms with Crippen LogP contribution in [0.4, 0.5) is 0 Å². The van der Waals surface area contributed by atoms with Crippen LogP contribution in [0.3, 0.4) is 0 Å². The Balaban J connectivity index is 1.36. The number of ether oxygens (including phenoxy) is 2. The summed E-state index contributed by atoms with van der Waals surface area (Å²) in [6.45, 7) is 10.4. The van der Waals surface area contributed by atoms with Crippen molar-refractivity contribution in [3.05, 3.63) is 18.2 Å². The second-order valence-corrected chi connectivity index (χ2v) is 8.26. The minimum Gasteiger partial charge on any atom is -0.381 e. The van der Waals surface area contributed by atoms with Crippen LogP contribution in [-0.2, 0) is 23.1 Å². The molecule has 6 heteroatoms. The van der Waals surface area contributed by atoms with Gasteiger partial charge in [-0.15, -0.1) is 0 Å². The van der Waals surface area contributed by atoms with Crippen molar-refractivity contribution in [1.29, 1.82) is 0 Å². The molecule has 4 heterocycles. The van der Waals surface area contributed by atoms with Crippen molar-refractivity contribution in [3.63, 3.8) is 0 Å². The summed E-state index contributed by atoms with van der Waals surface area (Å²) in [4.78, 5) is 9.72. The van der Waals surface area contributed by atoms with Gasteiger partial charge in [-0.2, -0.15) is 0 Å². The standard InChI is InChI=1S/C19H32N4O2/c1-21-7-5-20-18(21)13-22-6-4-19(14-22)15-23(8-11-25-16-19)12-17-2-9-24-10-3-17/h5,7,17H,2-4,6,8-16H2,1H3. The molecule has 0 aromatic carbocycles. The smallest absolute Gasteiger partial charge is 0.122 e. The van der Waals surface area contributed by atoms with Gasteiger partial charge in [-0.05, 0) is 31.7 Å². The molecule has 3 aliphatic heterocycles. The molecule has 1 spiro atoms. The highest BCUT2D eigenvalue weighted by Crippen LogP contribution is 2.34. The number of likely N-dealkylation sites (tertiary alicyclic amines) is 1. The van der Waals surface area contributed by atoms with Crippen LogP contribution in [0.15, 0.2) is 12.4 Å². The van der Waals surface area contributed by atoms with Crippen LogP contribution >= 0.6 is 0 Å². The van der Waals surface area contributed by atoms with E-state index in [4.69, 9.17) is 9.47 Å². The van der Waals surface area contributed by atoms with Crippen molar-refractivity contribution in [2.45, 2.75) is 25.8 Å². The molecular formula is C19H32N4O2. The van der Waals surface area contributed by atoms with Crippen LogP contribution in [-0.4, -0.2) is 78.5 Å². The van der Waals surface area contributed by atoms with E-state index in [1.54, 1.807) is 0 Å². The molecule has 0 amide bonds. The fourth-order valence-corrected chi connectivity index (χ4v) is 4.69. The summed E-state index contributed by atoms with van der Waals surface area (Å²) in [7, 11) is 2.08. The lowest BCUT2D eigenvalue weighted by Gasteiger charge is -2.34. The molecule has 0 saturated carbocycles. The van der Waals surface area contributed by atoms with Crippen LogP contribution in [0.2, 0.25) is 0 Å². The van der Waals surface area contributed by atoms with Crippen LogP contribution in [0.5, 0.6) is 0 Å². The lowest BCUT2D eigenvalue weighted by molar-refractivity contribution is 0.0468. The van der Waals surface area contributed by atoms with Crippen molar-refractivity contribution < 1.29 is 9.47 Å². The monoisotopic (exact) mass is 348 g/mol. The van der Waals surface area contributed by atoms with Gasteiger partial charge in [0.2, 0.25) is 0 Å². The third kappa shape index (κ3) is 4.25. The molecule has 4 rings (SSSR count). The van der Waals surface area contributed by atoms with Gasteiger partial charge in [0.05, 0.1) is 19.8 Å². The Bertz CT molecular complexity index is 557. The first-order valence-corrected chi connectivity index (χ1v) is 9.79. The van der Waals surface area contributed by atoms with E-state index in [0.717, 1.165) is 64.3 Å². The minimum absolute atomic E-state index is 0.298. The largest absolute Gasteiger partial charge is 0.381 e. The zero-order chi connectivity index (χ0) is 17.1. The minimum atomic E-state index is 0.298. The highest BCUT2D eigenvalue weighted by Gasteiger charge is 2.41. The molecule has 3 aliphatic rings. The Morgan fingerprint density at radius 2 is 1.96 bits per heavy atom. The van der Waals surface area contributed by atoms with Crippen molar-refractivity contribution in [2.75, 3.05) is 59.2 Å². The van der Waals surface area contributed by atoms with E-state index in [-0.39, 0.29) is 0 Å². The van der Waals surface area contributed by atoms with Gasteiger partial charge in [0, 0.05) is 64.2 Å². The van der Waals surface area contributed by atoms with Crippen molar-refractivity contribution in [2.24, 2.45) is 18.4 Å². The fraction of sp³-hybridized carbons (Fsp3) is 0.842. The van der Waals surface area contributed by atoms with E-state index in [1.165, 1.54) is 32.4 Å². The summed E-state index contributed by atoms with van der Waals surface area (Å²) in [5.41, 5.74) is 0.298. The highest BCUT2D eigenvalue weighted by molar-refractivity contribution is 4.97. The predicted molar refractivity (Wildman–Crippen MR) is 96.3 cm³/mol. The summed E-state index contributed by atoms with van der Waals surface area (Å²) in [5.74, 6) is 1.96. The molecular weight excluding hydrogens is 316 g/mol. The zero-order valence-electron chi connectivity index (χ0n) is 15.5. The second kappa shape index (κ2) is 7.74. The molecule has 0 radical (unpaired) electrons. The number of imidazole rings is 1. The number of hydrogen-bond donors (Lipinski definition) is 0. The van der Waals surface area contributed by atoms with Gasteiger partial charge in [-0.25, -0.2) is 4.98 Å². The van der Waals surface area contributed by atoms with Crippen molar-refractivity contribution >= 4 is 0 Å². The maximum Gasteiger partial charge on any atom is 0.122 e. The molecule has 3 saturated heterocycles. The lowest BCUT2D eigenvalue weighted by Crippen LogP contribution is -2.43. The summed E-state index contributed by atoms with van der Waals surface area (Å²) < 4.78 is 13.7. The highest BCUT2D eigenvalue weighted by atomic mass is 16.5. The Morgan fingerprint density at radius 3 is 2.76 bits per heavy atom. The molecule has 25 heavy (non-hydrogen) atoms. The maximum atomic E-state index is 6.05. The van der Waals surface area contributed by atoms with Gasteiger partial charge in [0.1, 0.15) is 5.82 Å². The number of rotatable bonds is 4. The maximum absolute atomic E-state index is 6.05. The molecule has 140 valence electrons. The van der Waals surface area contributed by atoms with Crippen LogP contribution in [0.25, 0.3) is 0 Å². The average molecular weight is 348 g/mol. The summed E-state index contributed by atoms with van der Waals surface area (Å²) in [5, 5.41) is 0. The van der Waals surface area contributed by atoms with Gasteiger partial charge in [0.15, 0.2) is 0 Å². The molecule has 3 fully saturated rings. The first-order chi connectivity index (χ1) is 12.2. The SMILES string of the molecule is Cn1ccnc1CN1CCC2(COCCN(CC3CCOCC3)C2)C1. The molecule has 1 aromatic heterocycles. The van der Waals surface area contributed by atoms with E-state index in [2.05, 4.69) is 26.4 Å². The zero-order valence-corrected chi connectivity index (χ0v) is 15.5. The fourth-order valence-electron chi connectivity index (χ4n) is 4.69. The average Bonchev–Trinajstić information content (AvgIpc) is 3.13. The van der Waals surface area contributed by atoms with Gasteiger partial charge in [-0.3, -0.25) is 4.90 Å². The normalized spacial score (nSPS) is 30.1. The van der Waals surface area contributed by atoms with E-state index in [0.29, 0.717) is 5.41 Å². The molecule has 1 aromatic rings. The van der Waals surface area contributed by atoms with E-state index in [1.807, 2.05) is 12.4 Å². The van der Waals surface area contributed by atoms with Crippen molar-refractivity contribution in [1.82, 2.24) is 19.4 Å². The summed E-state index contributed by atoms with van der Waals surface area (Å²) in [6, 6.07) is 0. The first kappa shape index (κ1) is 17.5. The molecule has 6 nitrogen and oxygen atoms in total. The molecule has 1 unspecified atom stereocenters. The third-order valence-corrected chi connectivity index (χ3v) is 6.18. The topological polar surface area (TPSA) is 42.8 Å². The number of aryl methyl sites for hydroxylation is 1. The van der Waals surface area contributed by atoms with Gasteiger partial charge in [-0.1, -0.05) is 0 Å². The van der Waals surface area contributed by atoms with E-state index < -0.39 is 0 Å². The number of nitrogens with zero attached hydrogens (tertiary/aromatic N) is 4. The van der Waals surface area contributed by atoms with Crippen LogP contribution in [0, 0.1) is 11.3 Å². The van der Waals surface area contributed by atoms with E-state index in [9.17, 15) is 0 Å². The summed E-state index contributed by atoms with van der Waals surface area (Å²) >= 11 is 0. The second-order valence-electron chi connectivity index (χ2n) is 8.26. The van der Waals surface area contributed by atoms with Crippen LogP contribution in [0.1, 0.15) is 25.1 Å². The third-order valence-electron chi connectivity index (χ3n) is 6.18. The van der Waals surface area contributed by atoms with Gasteiger partial charge < -0.3 is 18.9 Å².